The third kappa shape index (κ3) is 4.28. The Morgan fingerprint density at radius 3 is 2.10 bits per heavy atom. The van der Waals surface area contributed by atoms with Gasteiger partial charge in [-0.15, -0.1) is 0 Å². The van der Waals surface area contributed by atoms with Crippen LogP contribution in [0.5, 0.6) is 0 Å². The maximum Gasteiger partial charge on any atom is 0.243 e. The lowest BCUT2D eigenvalue weighted by atomic mass is 10.1. The molecule has 0 bridgehead atoms. The van der Waals surface area contributed by atoms with Gasteiger partial charge in [-0.25, -0.2) is 8.42 Å². The van der Waals surface area contributed by atoms with E-state index >= 15 is 0 Å². The van der Waals surface area contributed by atoms with E-state index in [4.69, 9.17) is 0 Å². The second-order valence-electron chi connectivity index (χ2n) is 5.49. The molecular weight excluding hydrogens is 278 g/mol. The van der Waals surface area contributed by atoms with Crippen molar-refractivity contribution >= 4 is 10.0 Å². The maximum atomic E-state index is 12.5. The molecule has 0 saturated carbocycles. The summed E-state index contributed by atoms with van der Waals surface area (Å²) in [6.45, 7) is 6.81. The molecule has 0 saturated heterocycles. The molecule has 2 N–H and O–H groups in total. The van der Waals surface area contributed by atoms with E-state index in [9.17, 15) is 18.6 Å². The summed E-state index contributed by atoms with van der Waals surface area (Å²) >= 11 is 0. The molecule has 0 aliphatic rings. The highest BCUT2D eigenvalue weighted by atomic mass is 32.2. The molecule has 1 unspecified atom stereocenters. The van der Waals surface area contributed by atoms with E-state index in [0.717, 1.165) is 0 Å². The van der Waals surface area contributed by atoms with Crippen molar-refractivity contribution in [2.24, 2.45) is 0 Å². The molecule has 0 spiro atoms. The molecule has 5 nitrogen and oxygen atoms in total. The molecular formula is C14H23NO4S. The summed E-state index contributed by atoms with van der Waals surface area (Å²) in [5.74, 6) is 0. The fourth-order valence-corrected chi connectivity index (χ4v) is 3.47. The van der Waals surface area contributed by atoms with E-state index in [1.165, 1.54) is 16.4 Å². The minimum absolute atomic E-state index is 0.0317. The number of aliphatic hydroxyl groups excluding tert-OH is 1. The quantitative estimate of drug-likeness (QED) is 0.835. The Morgan fingerprint density at radius 2 is 1.75 bits per heavy atom. The van der Waals surface area contributed by atoms with Crippen LogP contribution in [0.1, 0.15) is 39.4 Å². The Bertz CT molecular complexity index is 529. The predicted octanol–water partition coefficient (Wildman–Crippen LogP) is 1.52. The summed E-state index contributed by atoms with van der Waals surface area (Å²) in [6, 6.07) is 6.14. The number of likely N-dealkylation sites (N-methyl/N-ethyl adjacent to an activating group) is 1. The summed E-state index contributed by atoms with van der Waals surface area (Å²) in [5, 5.41) is 19.2. The molecule has 1 atom stereocenters. The number of hydrogen-bond acceptors (Lipinski definition) is 4. The molecule has 0 aliphatic heterocycles. The normalized spacial score (nSPS) is 14.6. The topological polar surface area (TPSA) is 77.8 Å². The van der Waals surface area contributed by atoms with Crippen molar-refractivity contribution in [3.63, 3.8) is 0 Å². The number of rotatable bonds is 6. The highest BCUT2D eigenvalue weighted by molar-refractivity contribution is 7.89. The van der Waals surface area contributed by atoms with Crippen LogP contribution in [0, 0.1) is 0 Å². The smallest absolute Gasteiger partial charge is 0.243 e. The SMILES string of the molecule is CCN(CC(C)(C)O)S(=O)(=O)c1ccc(C(C)O)cc1. The average molecular weight is 301 g/mol. The van der Waals surface area contributed by atoms with E-state index < -0.39 is 21.7 Å². The lowest BCUT2D eigenvalue weighted by Crippen LogP contribution is -2.42. The Labute approximate surface area is 120 Å². The van der Waals surface area contributed by atoms with Gasteiger partial charge in [0.1, 0.15) is 0 Å². The van der Waals surface area contributed by atoms with Crippen LogP contribution in [0.15, 0.2) is 29.2 Å². The first kappa shape index (κ1) is 17.1. The molecule has 1 aromatic rings. The van der Waals surface area contributed by atoms with Gasteiger partial charge < -0.3 is 10.2 Å². The highest BCUT2D eigenvalue weighted by Gasteiger charge is 2.28. The van der Waals surface area contributed by atoms with Gasteiger partial charge in [0.2, 0.25) is 10.0 Å². The highest BCUT2D eigenvalue weighted by Crippen LogP contribution is 2.20. The third-order valence-corrected chi connectivity index (χ3v) is 4.85. The molecule has 0 aromatic heterocycles. The first-order chi connectivity index (χ1) is 9.08. The Hall–Kier alpha value is -0.950. The largest absolute Gasteiger partial charge is 0.389 e. The average Bonchev–Trinajstić information content (AvgIpc) is 2.34. The van der Waals surface area contributed by atoms with E-state index in [1.54, 1.807) is 39.8 Å². The van der Waals surface area contributed by atoms with Crippen molar-refractivity contribution in [1.29, 1.82) is 0 Å². The zero-order valence-corrected chi connectivity index (χ0v) is 13.2. The monoisotopic (exact) mass is 301 g/mol. The summed E-state index contributed by atoms with van der Waals surface area (Å²) < 4.78 is 26.2. The van der Waals surface area contributed by atoms with E-state index in [2.05, 4.69) is 0 Å². The van der Waals surface area contributed by atoms with Crippen molar-refractivity contribution in [1.82, 2.24) is 4.31 Å². The van der Waals surface area contributed by atoms with Gasteiger partial charge in [0.05, 0.1) is 16.6 Å². The Morgan fingerprint density at radius 1 is 1.25 bits per heavy atom. The zero-order valence-electron chi connectivity index (χ0n) is 12.4. The van der Waals surface area contributed by atoms with Crippen LogP contribution in [0.3, 0.4) is 0 Å². The Kier molecular flexibility index (Phi) is 5.32. The first-order valence-electron chi connectivity index (χ1n) is 6.58. The predicted molar refractivity (Wildman–Crippen MR) is 77.8 cm³/mol. The van der Waals surface area contributed by atoms with Crippen LogP contribution in [0.4, 0.5) is 0 Å². The summed E-state index contributed by atoms with van der Waals surface area (Å²) in [7, 11) is -3.64. The zero-order chi connectivity index (χ0) is 15.6. The van der Waals surface area contributed by atoms with Gasteiger partial charge in [0.25, 0.3) is 0 Å². The maximum absolute atomic E-state index is 12.5. The van der Waals surface area contributed by atoms with Crippen LogP contribution in [-0.2, 0) is 10.0 Å². The molecule has 0 aliphatic carbocycles. The minimum Gasteiger partial charge on any atom is -0.389 e. The van der Waals surface area contributed by atoms with E-state index in [1.807, 2.05) is 0 Å². The van der Waals surface area contributed by atoms with Crippen molar-refractivity contribution in [2.75, 3.05) is 13.1 Å². The van der Waals surface area contributed by atoms with Crippen LogP contribution < -0.4 is 0 Å². The van der Waals surface area contributed by atoms with E-state index in [-0.39, 0.29) is 18.0 Å². The van der Waals surface area contributed by atoms with Gasteiger partial charge in [0, 0.05) is 13.1 Å². The molecule has 20 heavy (non-hydrogen) atoms. The summed E-state index contributed by atoms with van der Waals surface area (Å²) in [6.07, 6.45) is -0.634. The van der Waals surface area contributed by atoms with Gasteiger partial charge in [-0.1, -0.05) is 19.1 Å². The van der Waals surface area contributed by atoms with Crippen LogP contribution in [-0.4, -0.2) is 41.6 Å². The number of sulfonamides is 1. The standard InChI is InChI=1S/C14H23NO4S/c1-5-15(10-14(3,4)17)20(18,19)13-8-6-12(7-9-13)11(2)16/h6-9,11,16-17H,5,10H2,1-4H3. The van der Waals surface area contributed by atoms with Crippen molar-refractivity contribution < 1.29 is 18.6 Å². The number of hydrogen-bond donors (Lipinski definition) is 2. The molecule has 114 valence electrons. The van der Waals surface area contributed by atoms with Gasteiger partial charge in [-0.05, 0) is 38.5 Å². The minimum atomic E-state index is -3.64. The van der Waals surface area contributed by atoms with Gasteiger partial charge in [-0.2, -0.15) is 4.31 Å². The number of benzene rings is 1. The molecule has 1 rings (SSSR count). The van der Waals surface area contributed by atoms with Gasteiger partial charge >= 0.3 is 0 Å². The third-order valence-electron chi connectivity index (χ3n) is 2.92. The lowest BCUT2D eigenvalue weighted by Gasteiger charge is -2.27. The van der Waals surface area contributed by atoms with E-state index in [0.29, 0.717) is 5.56 Å². The fraction of sp³-hybridized carbons (Fsp3) is 0.571. The second-order valence-corrected chi connectivity index (χ2v) is 7.43. The second kappa shape index (κ2) is 6.22. The molecule has 0 radical (unpaired) electrons. The Balaban J connectivity index is 3.08. The summed E-state index contributed by atoms with van der Waals surface area (Å²) in [5.41, 5.74) is -0.433. The van der Waals surface area contributed by atoms with Gasteiger partial charge in [0.15, 0.2) is 0 Å². The van der Waals surface area contributed by atoms with Crippen LogP contribution in [0.25, 0.3) is 0 Å². The summed E-state index contributed by atoms with van der Waals surface area (Å²) in [4.78, 5) is 0.160. The van der Waals surface area contributed by atoms with Crippen molar-refractivity contribution in [2.45, 2.75) is 44.3 Å². The van der Waals surface area contributed by atoms with Gasteiger partial charge in [-0.3, -0.25) is 0 Å². The molecule has 0 amide bonds. The van der Waals surface area contributed by atoms with Crippen molar-refractivity contribution in [3.8, 4) is 0 Å². The molecule has 0 heterocycles. The molecule has 1 aromatic carbocycles. The number of nitrogens with zero attached hydrogens (tertiary/aromatic N) is 1. The lowest BCUT2D eigenvalue weighted by molar-refractivity contribution is 0.0601. The molecule has 0 fully saturated rings. The number of aliphatic hydroxyl groups is 2. The molecule has 6 heteroatoms. The first-order valence-corrected chi connectivity index (χ1v) is 8.02. The fourth-order valence-electron chi connectivity index (χ4n) is 1.87. The van der Waals surface area contributed by atoms with Crippen LogP contribution >= 0.6 is 0 Å². The van der Waals surface area contributed by atoms with Crippen LogP contribution in [0.2, 0.25) is 0 Å². The van der Waals surface area contributed by atoms with Crippen molar-refractivity contribution in [3.05, 3.63) is 29.8 Å².